The molecule has 0 spiro atoms. The fourth-order valence-electron chi connectivity index (χ4n) is 3.52. The summed E-state index contributed by atoms with van der Waals surface area (Å²) in [4.78, 5) is 24.8. The number of hydrogen-bond donors (Lipinski definition) is 3. The van der Waals surface area contributed by atoms with E-state index in [1.54, 1.807) is 25.3 Å². The van der Waals surface area contributed by atoms with Crippen LogP contribution in [-0.4, -0.2) is 38.6 Å². The molecule has 0 unspecified atom stereocenters. The summed E-state index contributed by atoms with van der Waals surface area (Å²) < 4.78 is 4.95. The van der Waals surface area contributed by atoms with Crippen molar-refractivity contribution < 1.29 is 14.3 Å². The van der Waals surface area contributed by atoms with Gasteiger partial charge in [0.15, 0.2) is 0 Å². The van der Waals surface area contributed by atoms with Gasteiger partial charge in [0.25, 0.3) is 5.91 Å². The number of hydrogen-bond acceptors (Lipinski definition) is 4. The highest BCUT2D eigenvalue weighted by Gasteiger charge is 2.21. The van der Waals surface area contributed by atoms with E-state index in [2.05, 4.69) is 28.1 Å². The molecule has 148 valence electrons. The molecule has 3 rings (SSSR count). The summed E-state index contributed by atoms with van der Waals surface area (Å²) >= 11 is 0. The Hall–Kier alpha value is -2.86. The number of carbonyl (C=O) groups is 2. The third kappa shape index (κ3) is 5.10. The lowest BCUT2D eigenvalue weighted by Crippen LogP contribution is -2.35. The molecule has 1 aliphatic rings. The van der Waals surface area contributed by atoms with Crippen LogP contribution in [0, 0.1) is 0 Å². The maximum Gasteiger partial charge on any atom is 0.253 e. The Morgan fingerprint density at radius 3 is 2.75 bits per heavy atom. The number of amides is 2. The first-order valence-corrected chi connectivity index (χ1v) is 9.66. The first-order valence-electron chi connectivity index (χ1n) is 9.66. The van der Waals surface area contributed by atoms with Crippen LogP contribution >= 0.6 is 0 Å². The molecule has 28 heavy (non-hydrogen) atoms. The van der Waals surface area contributed by atoms with Gasteiger partial charge in [0.05, 0.1) is 24.8 Å². The van der Waals surface area contributed by atoms with Crippen LogP contribution in [0.1, 0.15) is 40.4 Å². The molecule has 1 aliphatic carbocycles. The first-order chi connectivity index (χ1) is 13.7. The van der Waals surface area contributed by atoms with E-state index < -0.39 is 0 Å². The molecule has 1 atom stereocenters. The van der Waals surface area contributed by atoms with Crippen molar-refractivity contribution >= 4 is 17.5 Å². The molecular formula is C22H27N3O3. The molecule has 0 aromatic heterocycles. The van der Waals surface area contributed by atoms with E-state index in [0.717, 1.165) is 19.3 Å². The second-order valence-electron chi connectivity index (χ2n) is 6.86. The van der Waals surface area contributed by atoms with Gasteiger partial charge in [-0.1, -0.05) is 36.4 Å². The van der Waals surface area contributed by atoms with Crippen LogP contribution < -0.4 is 16.0 Å². The predicted octanol–water partition coefficient (Wildman–Crippen LogP) is 2.67. The minimum Gasteiger partial charge on any atom is -0.383 e. The molecular weight excluding hydrogens is 354 g/mol. The fraction of sp³-hybridized carbons (Fsp3) is 0.364. The van der Waals surface area contributed by atoms with Crippen molar-refractivity contribution in [2.45, 2.75) is 25.3 Å². The second-order valence-corrected chi connectivity index (χ2v) is 6.86. The highest BCUT2D eigenvalue weighted by molar-refractivity contribution is 6.00. The fourth-order valence-corrected chi connectivity index (χ4v) is 3.52. The summed E-state index contributed by atoms with van der Waals surface area (Å²) in [7, 11) is 1.59. The largest absolute Gasteiger partial charge is 0.383 e. The normalized spacial score (nSPS) is 15.4. The lowest BCUT2D eigenvalue weighted by molar-refractivity contribution is -0.120. The lowest BCUT2D eigenvalue weighted by atomic mass is 9.88. The monoisotopic (exact) mass is 381 g/mol. The Balaban J connectivity index is 1.58. The number of ether oxygens (including phenoxy) is 1. The number of nitrogens with one attached hydrogen (secondary N) is 3. The smallest absolute Gasteiger partial charge is 0.253 e. The summed E-state index contributed by atoms with van der Waals surface area (Å²) in [6.07, 6.45) is 3.08. The molecule has 0 saturated carbocycles. The first kappa shape index (κ1) is 19.9. The zero-order valence-corrected chi connectivity index (χ0v) is 16.2. The van der Waals surface area contributed by atoms with Gasteiger partial charge in [0, 0.05) is 19.3 Å². The SMILES string of the molecule is COCCNC(=O)c1ccccc1NCC(=O)N[C@H]1CCCc2ccccc21. The molecule has 2 amide bonds. The van der Waals surface area contributed by atoms with E-state index >= 15 is 0 Å². The number of methoxy groups -OCH3 is 1. The molecule has 0 bridgehead atoms. The second kappa shape index (κ2) is 9.90. The number of aryl methyl sites for hydroxylation is 1. The third-order valence-electron chi connectivity index (χ3n) is 4.91. The maximum absolute atomic E-state index is 12.5. The molecule has 2 aromatic carbocycles. The van der Waals surface area contributed by atoms with Gasteiger partial charge < -0.3 is 20.7 Å². The van der Waals surface area contributed by atoms with Crippen molar-refractivity contribution in [2.75, 3.05) is 32.1 Å². The average Bonchev–Trinajstić information content (AvgIpc) is 2.73. The molecule has 0 heterocycles. The van der Waals surface area contributed by atoms with Crippen molar-refractivity contribution in [1.29, 1.82) is 0 Å². The van der Waals surface area contributed by atoms with Crippen molar-refractivity contribution in [3.8, 4) is 0 Å². The van der Waals surface area contributed by atoms with Gasteiger partial charge in [-0.05, 0) is 42.5 Å². The minimum atomic E-state index is -0.193. The Morgan fingerprint density at radius 2 is 1.89 bits per heavy atom. The molecule has 3 N–H and O–H groups in total. The van der Waals surface area contributed by atoms with E-state index in [-0.39, 0.29) is 24.4 Å². The Morgan fingerprint density at radius 1 is 1.11 bits per heavy atom. The van der Waals surface area contributed by atoms with Gasteiger partial charge in [0.2, 0.25) is 5.91 Å². The van der Waals surface area contributed by atoms with Gasteiger partial charge >= 0.3 is 0 Å². The van der Waals surface area contributed by atoms with Crippen molar-refractivity contribution in [1.82, 2.24) is 10.6 Å². The maximum atomic E-state index is 12.5. The van der Waals surface area contributed by atoms with E-state index in [4.69, 9.17) is 4.74 Å². The summed E-state index contributed by atoms with van der Waals surface area (Å²) in [6.45, 7) is 0.999. The van der Waals surface area contributed by atoms with Crippen LogP contribution in [0.4, 0.5) is 5.69 Å². The Labute approximate surface area is 165 Å². The van der Waals surface area contributed by atoms with E-state index in [1.807, 2.05) is 18.2 Å². The van der Waals surface area contributed by atoms with Crippen LogP contribution in [0.5, 0.6) is 0 Å². The Kier molecular flexibility index (Phi) is 7.03. The standard InChI is InChI=1S/C22H27N3O3/c1-28-14-13-23-22(27)18-10-4-5-11-19(18)24-15-21(26)25-20-12-6-8-16-7-2-3-9-17(16)20/h2-5,7,9-11,20,24H,6,8,12-15H2,1H3,(H,23,27)(H,25,26)/t20-/m0/s1. The number of fused-ring (bicyclic) bond motifs is 1. The van der Waals surface area contributed by atoms with E-state index in [1.165, 1.54) is 11.1 Å². The van der Waals surface area contributed by atoms with Crippen molar-refractivity contribution in [3.05, 3.63) is 65.2 Å². The summed E-state index contributed by atoms with van der Waals surface area (Å²) in [6, 6.07) is 15.5. The number of benzene rings is 2. The molecule has 0 fully saturated rings. The molecule has 0 aliphatic heterocycles. The quantitative estimate of drug-likeness (QED) is 0.614. The summed E-state index contributed by atoms with van der Waals surface area (Å²) in [5.41, 5.74) is 3.66. The van der Waals surface area contributed by atoms with Gasteiger partial charge in [-0.2, -0.15) is 0 Å². The van der Waals surface area contributed by atoms with Crippen LogP contribution in [0.2, 0.25) is 0 Å². The van der Waals surface area contributed by atoms with Crippen molar-refractivity contribution in [3.63, 3.8) is 0 Å². The minimum absolute atomic E-state index is 0.0480. The average molecular weight is 381 g/mol. The van der Waals surface area contributed by atoms with Crippen LogP contribution in [0.15, 0.2) is 48.5 Å². The van der Waals surface area contributed by atoms with Crippen molar-refractivity contribution in [2.24, 2.45) is 0 Å². The Bertz CT molecular complexity index is 822. The molecule has 0 radical (unpaired) electrons. The molecule has 2 aromatic rings. The lowest BCUT2D eigenvalue weighted by Gasteiger charge is -2.26. The summed E-state index contributed by atoms with van der Waals surface area (Å²) in [5.74, 6) is -0.280. The van der Waals surface area contributed by atoms with Gasteiger partial charge in [-0.3, -0.25) is 9.59 Å². The third-order valence-corrected chi connectivity index (χ3v) is 4.91. The van der Waals surface area contributed by atoms with Crippen LogP contribution in [-0.2, 0) is 16.0 Å². The number of carbonyl (C=O) groups excluding carboxylic acids is 2. The van der Waals surface area contributed by atoms with Gasteiger partial charge in [0.1, 0.15) is 0 Å². The highest BCUT2D eigenvalue weighted by atomic mass is 16.5. The highest BCUT2D eigenvalue weighted by Crippen LogP contribution is 2.29. The van der Waals surface area contributed by atoms with E-state index in [0.29, 0.717) is 24.4 Å². The summed E-state index contributed by atoms with van der Waals surface area (Å²) in [5, 5.41) is 9.01. The van der Waals surface area contributed by atoms with Crippen LogP contribution in [0.25, 0.3) is 0 Å². The molecule has 0 saturated heterocycles. The number of rotatable bonds is 8. The molecule has 6 heteroatoms. The van der Waals surface area contributed by atoms with Gasteiger partial charge in [-0.15, -0.1) is 0 Å². The van der Waals surface area contributed by atoms with Crippen LogP contribution in [0.3, 0.4) is 0 Å². The molecule has 6 nitrogen and oxygen atoms in total. The topological polar surface area (TPSA) is 79.5 Å². The van der Waals surface area contributed by atoms with Gasteiger partial charge in [-0.25, -0.2) is 0 Å². The predicted molar refractivity (Wildman–Crippen MR) is 109 cm³/mol. The van der Waals surface area contributed by atoms with E-state index in [9.17, 15) is 9.59 Å². The number of para-hydroxylation sites is 1. The zero-order valence-electron chi connectivity index (χ0n) is 16.2. The number of anilines is 1. The zero-order chi connectivity index (χ0) is 19.8.